The molecule has 0 unspecified atom stereocenters. The molecule has 0 aliphatic carbocycles. The van der Waals surface area contributed by atoms with Crippen molar-refractivity contribution in [1.82, 2.24) is 14.9 Å². The summed E-state index contributed by atoms with van der Waals surface area (Å²) >= 11 is 1.54. The van der Waals surface area contributed by atoms with Gasteiger partial charge < -0.3 is 9.73 Å². The number of aromatic nitrogens is 2. The van der Waals surface area contributed by atoms with Gasteiger partial charge in [-0.2, -0.15) is 11.3 Å². The van der Waals surface area contributed by atoms with Gasteiger partial charge in [0.25, 0.3) is 0 Å². The number of sulfonamides is 1. The van der Waals surface area contributed by atoms with Gasteiger partial charge >= 0.3 is 0 Å². The largest absolute Gasteiger partial charge is 0.421 e. The number of thiophene rings is 1. The van der Waals surface area contributed by atoms with Gasteiger partial charge in [0.15, 0.2) is 0 Å². The van der Waals surface area contributed by atoms with Crippen LogP contribution in [0.1, 0.15) is 17.9 Å². The van der Waals surface area contributed by atoms with E-state index in [0.29, 0.717) is 29.5 Å². The van der Waals surface area contributed by atoms with Crippen LogP contribution >= 0.6 is 11.3 Å². The van der Waals surface area contributed by atoms with Crippen LogP contribution in [0.25, 0.3) is 11.5 Å². The Labute approximate surface area is 172 Å². The van der Waals surface area contributed by atoms with Crippen molar-refractivity contribution < 1.29 is 17.6 Å². The molecule has 29 heavy (non-hydrogen) atoms. The third-order valence-electron chi connectivity index (χ3n) is 3.84. The van der Waals surface area contributed by atoms with E-state index in [4.69, 9.17) is 4.42 Å². The summed E-state index contributed by atoms with van der Waals surface area (Å²) in [7, 11) is -3.42. The molecular weight excluding hydrogens is 412 g/mol. The fourth-order valence-electron chi connectivity index (χ4n) is 2.44. The second-order valence-corrected chi connectivity index (χ2v) is 8.74. The summed E-state index contributed by atoms with van der Waals surface area (Å²) in [6, 6.07) is 8.54. The van der Waals surface area contributed by atoms with Crippen LogP contribution in [0.2, 0.25) is 0 Å². The number of amides is 1. The van der Waals surface area contributed by atoms with E-state index in [9.17, 15) is 13.2 Å². The number of hydrogen-bond acceptors (Lipinski definition) is 7. The molecule has 0 aliphatic rings. The Balaban J connectivity index is 1.49. The molecule has 0 fully saturated rings. The first-order chi connectivity index (χ1) is 13.9. The Morgan fingerprint density at radius 2 is 2.00 bits per heavy atom. The van der Waals surface area contributed by atoms with Crippen molar-refractivity contribution in [3.63, 3.8) is 0 Å². The molecule has 8 nitrogen and oxygen atoms in total. The number of aryl methyl sites for hydroxylation is 1. The quantitative estimate of drug-likeness (QED) is 0.476. The number of anilines is 1. The molecule has 10 heteroatoms. The van der Waals surface area contributed by atoms with E-state index < -0.39 is 10.0 Å². The molecule has 0 spiro atoms. The highest BCUT2D eigenvalue weighted by atomic mass is 32.2. The zero-order valence-corrected chi connectivity index (χ0v) is 17.1. The van der Waals surface area contributed by atoms with E-state index in [1.165, 1.54) is 17.4 Å². The lowest BCUT2D eigenvalue weighted by Gasteiger charge is -2.07. The Bertz CT molecular complexity index is 1060. The van der Waals surface area contributed by atoms with Crippen LogP contribution in [0.15, 0.2) is 58.2 Å². The molecule has 2 aromatic heterocycles. The van der Waals surface area contributed by atoms with Gasteiger partial charge in [-0.15, -0.1) is 16.8 Å². The summed E-state index contributed by atoms with van der Waals surface area (Å²) < 4.78 is 31.7. The zero-order valence-electron chi connectivity index (χ0n) is 15.5. The third kappa shape index (κ3) is 6.34. The Morgan fingerprint density at radius 1 is 1.21 bits per heavy atom. The standard InChI is InChI=1S/C19H20N4O4S2/c1-2-10-20-29(25,26)13-14-3-5-16(6-4-14)21-17(24)7-8-18-22-23-19(27-18)15-9-11-28-12-15/h2-6,9,11-12,20H,1,7-8,10,13H2,(H,21,24). The summed E-state index contributed by atoms with van der Waals surface area (Å²) in [6.45, 7) is 3.66. The zero-order chi connectivity index (χ0) is 20.7. The van der Waals surface area contributed by atoms with Crippen molar-refractivity contribution in [3.05, 3.63) is 65.2 Å². The molecule has 1 aromatic carbocycles. The lowest BCUT2D eigenvalue weighted by molar-refractivity contribution is -0.116. The average Bonchev–Trinajstić information content (AvgIpc) is 3.38. The maximum Gasteiger partial charge on any atom is 0.248 e. The number of rotatable bonds is 10. The maximum absolute atomic E-state index is 12.1. The van der Waals surface area contributed by atoms with Gasteiger partial charge in [0, 0.05) is 36.0 Å². The Hall–Kier alpha value is -2.82. The molecule has 2 heterocycles. The van der Waals surface area contributed by atoms with E-state index in [0.717, 1.165) is 5.56 Å². The van der Waals surface area contributed by atoms with E-state index in [2.05, 4.69) is 26.8 Å². The van der Waals surface area contributed by atoms with E-state index in [1.54, 1.807) is 24.3 Å². The second-order valence-electron chi connectivity index (χ2n) is 6.15. The van der Waals surface area contributed by atoms with Gasteiger partial charge in [-0.05, 0) is 29.1 Å². The summed E-state index contributed by atoms with van der Waals surface area (Å²) in [5.74, 6) is 0.496. The average molecular weight is 433 g/mol. The summed E-state index contributed by atoms with van der Waals surface area (Å²) in [6.07, 6.45) is 1.99. The fourth-order valence-corrected chi connectivity index (χ4v) is 4.18. The minimum absolute atomic E-state index is 0.140. The van der Waals surface area contributed by atoms with Crippen molar-refractivity contribution in [3.8, 4) is 11.5 Å². The lowest BCUT2D eigenvalue weighted by atomic mass is 10.2. The van der Waals surface area contributed by atoms with E-state index in [1.807, 2.05) is 16.8 Å². The van der Waals surface area contributed by atoms with Crippen LogP contribution in [0.4, 0.5) is 5.69 Å². The van der Waals surface area contributed by atoms with Gasteiger partial charge in [0.05, 0.1) is 5.75 Å². The highest BCUT2D eigenvalue weighted by Gasteiger charge is 2.12. The minimum Gasteiger partial charge on any atom is -0.421 e. The first kappa shape index (κ1) is 20.9. The molecule has 0 radical (unpaired) electrons. The molecule has 3 rings (SSSR count). The summed E-state index contributed by atoms with van der Waals surface area (Å²) in [5.41, 5.74) is 2.06. The van der Waals surface area contributed by atoms with Crippen molar-refractivity contribution >= 4 is 33.0 Å². The van der Waals surface area contributed by atoms with Crippen molar-refractivity contribution in [2.75, 3.05) is 11.9 Å². The fraction of sp³-hybridized carbons (Fsp3) is 0.211. The van der Waals surface area contributed by atoms with Gasteiger partial charge in [-0.3, -0.25) is 4.79 Å². The topological polar surface area (TPSA) is 114 Å². The first-order valence-corrected chi connectivity index (χ1v) is 11.4. The molecule has 3 aromatic rings. The van der Waals surface area contributed by atoms with Gasteiger partial charge in [0.1, 0.15) is 0 Å². The second kappa shape index (κ2) is 9.59. The highest BCUT2D eigenvalue weighted by Crippen LogP contribution is 2.21. The predicted molar refractivity (Wildman–Crippen MR) is 112 cm³/mol. The number of carbonyl (C=O) groups excluding carboxylic acids is 1. The number of benzene rings is 1. The minimum atomic E-state index is -3.42. The number of carbonyl (C=O) groups is 1. The van der Waals surface area contributed by atoms with Gasteiger partial charge in [-0.25, -0.2) is 13.1 Å². The van der Waals surface area contributed by atoms with Crippen LogP contribution in [-0.4, -0.2) is 31.1 Å². The van der Waals surface area contributed by atoms with Gasteiger partial charge in [0.2, 0.25) is 27.7 Å². The number of nitrogens with zero attached hydrogens (tertiary/aromatic N) is 2. The molecule has 2 N–H and O–H groups in total. The van der Waals surface area contributed by atoms with Crippen molar-refractivity contribution in [1.29, 1.82) is 0 Å². The Morgan fingerprint density at radius 3 is 2.69 bits per heavy atom. The molecule has 0 aliphatic heterocycles. The van der Waals surface area contributed by atoms with Crippen molar-refractivity contribution in [2.24, 2.45) is 0 Å². The lowest BCUT2D eigenvalue weighted by Crippen LogP contribution is -2.25. The predicted octanol–water partition coefficient (Wildman–Crippen LogP) is 2.97. The maximum atomic E-state index is 12.1. The molecule has 0 saturated heterocycles. The number of hydrogen-bond donors (Lipinski definition) is 2. The van der Waals surface area contributed by atoms with Crippen LogP contribution < -0.4 is 10.0 Å². The molecule has 0 atom stereocenters. The van der Waals surface area contributed by atoms with Crippen LogP contribution in [0.3, 0.4) is 0 Å². The van der Waals surface area contributed by atoms with Crippen LogP contribution in [0.5, 0.6) is 0 Å². The molecule has 152 valence electrons. The SMILES string of the molecule is C=CCNS(=O)(=O)Cc1ccc(NC(=O)CCc2nnc(-c3ccsc3)o2)cc1. The summed E-state index contributed by atoms with van der Waals surface area (Å²) in [4.78, 5) is 12.1. The third-order valence-corrected chi connectivity index (χ3v) is 5.85. The molecule has 0 bridgehead atoms. The smallest absolute Gasteiger partial charge is 0.248 e. The summed E-state index contributed by atoms with van der Waals surface area (Å²) in [5, 5.41) is 14.5. The normalized spacial score (nSPS) is 11.3. The van der Waals surface area contributed by atoms with Gasteiger partial charge in [-0.1, -0.05) is 18.2 Å². The highest BCUT2D eigenvalue weighted by molar-refractivity contribution is 7.88. The molecular formula is C19H20N4O4S2. The van der Waals surface area contributed by atoms with E-state index in [-0.39, 0.29) is 24.6 Å². The monoisotopic (exact) mass is 432 g/mol. The Kier molecular flexibility index (Phi) is 6.91. The van der Waals surface area contributed by atoms with Crippen molar-refractivity contribution in [2.45, 2.75) is 18.6 Å². The molecule has 0 saturated carbocycles. The molecule has 1 amide bonds. The van der Waals surface area contributed by atoms with Crippen LogP contribution in [0, 0.1) is 0 Å². The number of nitrogens with one attached hydrogen (secondary N) is 2. The first-order valence-electron chi connectivity index (χ1n) is 8.77. The van der Waals surface area contributed by atoms with Crippen LogP contribution in [-0.2, 0) is 27.0 Å². The van der Waals surface area contributed by atoms with E-state index >= 15 is 0 Å².